The van der Waals surface area contributed by atoms with E-state index in [0.717, 1.165) is 6.08 Å². The molecule has 1 amide bonds. The zero-order chi connectivity index (χ0) is 18.7. The zero-order valence-electron chi connectivity index (χ0n) is 13.1. The average Bonchev–Trinajstić information content (AvgIpc) is 2.47. The van der Waals surface area contributed by atoms with Gasteiger partial charge in [0, 0.05) is 0 Å². The largest absolute Gasteiger partial charge is 0.444 e. The Hall–Kier alpha value is -2.16. The van der Waals surface area contributed by atoms with Crippen molar-refractivity contribution in [2.24, 2.45) is 0 Å². The van der Waals surface area contributed by atoms with Crippen molar-refractivity contribution in [2.75, 3.05) is 6.61 Å². The van der Waals surface area contributed by atoms with Crippen molar-refractivity contribution in [3.63, 3.8) is 0 Å². The van der Waals surface area contributed by atoms with E-state index in [-0.39, 0.29) is 0 Å². The fourth-order valence-electron chi connectivity index (χ4n) is 1.59. The molecule has 1 aromatic rings. The number of aliphatic hydroxyl groups excluding tert-OH is 1. The molecule has 0 aliphatic heterocycles. The van der Waals surface area contributed by atoms with Gasteiger partial charge in [0.2, 0.25) is 5.82 Å². The standard InChI is InChI=1S/C15H16F5NO3/c1-15(2,3)24-14(23)21-7(6-22)4-5-8-9(16)11(18)13(20)12(19)10(8)17/h4-5,7,22H,6H2,1-3H3,(H,21,23)/b5-4+/t7-/m0/s1. The van der Waals surface area contributed by atoms with Gasteiger partial charge in [0.05, 0.1) is 18.2 Å². The molecule has 0 aliphatic carbocycles. The Labute approximate surface area is 134 Å². The van der Waals surface area contributed by atoms with Crippen LogP contribution in [-0.2, 0) is 4.74 Å². The Bertz CT molecular complexity index is 626. The number of amides is 1. The Morgan fingerprint density at radius 2 is 1.54 bits per heavy atom. The first-order valence-electron chi connectivity index (χ1n) is 6.78. The third-order valence-electron chi connectivity index (χ3n) is 2.64. The lowest BCUT2D eigenvalue weighted by Gasteiger charge is -2.21. The van der Waals surface area contributed by atoms with Gasteiger partial charge in [-0.2, -0.15) is 0 Å². The van der Waals surface area contributed by atoms with Gasteiger partial charge in [-0.15, -0.1) is 0 Å². The Morgan fingerprint density at radius 1 is 1.08 bits per heavy atom. The van der Waals surface area contributed by atoms with E-state index in [0.29, 0.717) is 6.08 Å². The minimum Gasteiger partial charge on any atom is -0.444 e. The maximum absolute atomic E-state index is 13.5. The molecule has 1 atom stereocenters. The van der Waals surface area contributed by atoms with Gasteiger partial charge in [-0.25, -0.2) is 26.7 Å². The summed E-state index contributed by atoms with van der Waals surface area (Å²) >= 11 is 0. The quantitative estimate of drug-likeness (QED) is 0.496. The van der Waals surface area contributed by atoms with Crippen molar-refractivity contribution in [3.05, 3.63) is 40.7 Å². The maximum Gasteiger partial charge on any atom is 0.408 e. The van der Waals surface area contributed by atoms with E-state index in [2.05, 4.69) is 5.32 Å². The average molecular weight is 353 g/mol. The predicted molar refractivity (Wildman–Crippen MR) is 75.5 cm³/mol. The third kappa shape index (κ3) is 4.92. The second kappa shape index (κ2) is 7.61. The van der Waals surface area contributed by atoms with Crippen LogP contribution < -0.4 is 5.32 Å². The lowest BCUT2D eigenvalue weighted by Crippen LogP contribution is -2.39. The summed E-state index contributed by atoms with van der Waals surface area (Å²) in [5.41, 5.74) is -2.01. The van der Waals surface area contributed by atoms with Crippen molar-refractivity contribution < 1.29 is 36.6 Å². The fraction of sp³-hybridized carbons (Fsp3) is 0.400. The van der Waals surface area contributed by atoms with Crippen LogP contribution in [0.4, 0.5) is 26.7 Å². The Balaban J connectivity index is 3.00. The molecule has 0 fully saturated rings. The molecule has 0 saturated carbocycles. The molecule has 0 spiro atoms. The fourth-order valence-corrected chi connectivity index (χ4v) is 1.59. The first-order valence-corrected chi connectivity index (χ1v) is 6.78. The predicted octanol–water partition coefficient (Wildman–Crippen LogP) is 3.28. The van der Waals surface area contributed by atoms with Gasteiger partial charge in [0.25, 0.3) is 0 Å². The van der Waals surface area contributed by atoms with Crippen molar-refractivity contribution in [1.82, 2.24) is 5.32 Å². The number of alkyl carbamates (subject to hydrolysis) is 1. The summed E-state index contributed by atoms with van der Waals surface area (Å²) in [6.07, 6.45) is 0.528. The van der Waals surface area contributed by atoms with Crippen LogP contribution in [0, 0.1) is 29.1 Å². The van der Waals surface area contributed by atoms with Crippen LogP contribution in [0.3, 0.4) is 0 Å². The zero-order valence-corrected chi connectivity index (χ0v) is 13.1. The monoisotopic (exact) mass is 353 g/mol. The summed E-state index contributed by atoms with van der Waals surface area (Å²) in [4.78, 5) is 11.5. The molecule has 134 valence electrons. The highest BCUT2D eigenvalue weighted by Gasteiger charge is 2.24. The molecule has 24 heavy (non-hydrogen) atoms. The first kappa shape index (κ1) is 19.9. The highest BCUT2D eigenvalue weighted by molar-refractivity contribution is 5.68. The van der Waals surface area contributed by atoms with Crippen LogP contribution >= 0.6 is 0 Å². The molecule has 4 nitrogen and oxygen atoms in total. The molecule has 2 N–H and O–H groups in total. The third-order valence-corrected chi connectivity index (χ3v) is 2.64. The number of hydrogen-bond donors (Lipinski definition) is 2. The summed E-state index contributed by atoms with van der Waals surface area (Å²) in [6, 6.07) is -1.16. The molecular formula is C15H16F5NO3. The molecule has 0 aromatic heterocycles. The number of ether oxygens (including phenoxy) is 1. The van der Waals surface area contributed by atoms with Crippen LogP contribution in [0.15, 0.2) is 6.08 Å². The van der Waals surface area contributed by atoms with Gasteiger partial charge in [0.1, 0.15) is 5.60 Å². The minimum absolute atomic E-state index is 0.578. The molecule has 0 unspecified atom stereocenters. The van der Waals surface area contributed by atoms with Crippen molar-refractivity contribution in [2.45, 2.75) is 32.4 Å². The molecular weight excluding hydrogens is 337 g/mol. The summed E-state index contributed by atoms with van der Waals surface area (Å²) in [5, 5.41) is 11.3. The second-order valence-corrected chi connectivity index (χ2v) is 5.78. The summed E-state index contributed by atoms with van der Waals surface area (Å²) in [7, 11) is 0. The van der Waals surface area contributed by atoms with Gasteiger partial charge in [-0.3, -0.25) is 0 Å². The van der Waals surface area contributed by atoms with Crippen LogP contribution in [0.5, 0.6) is 0 Å². The van der Waals surface area contributed by atoms with Gasteiger partial charge >= 0.3 is 6.09 Å². The topological polar surface area (TPSA) is 58.6 Å². The van der Waals surface area contributed by atoms with Crippen LogP contribution in [0.25, 0.3) is 6.08 Å². The Kier molecular flexibility index (Phi) is 6.30. The number of aliphatic hydroxyl groups is 1. The van der Waals surface area contributed by atoms with E-state index in [9.17, 15) is 26.7 Å². The molecule has 1 rings (SSSR count). The number of carbonyl (C=O) groups is 1. The van der Waals surface area contributed by atoms with E-state index < -0.39 is 59.0 Å². The molecule has 0 bridgehead atoms. The number of halogens is 5. The number of carbonyl (C=O) groups excluding carboxylic acids is 1. The molecule has 1 aromatic carbocycles. The molecule has 0 aliphatic rings. The van der Waals surface area contributed by atoms with E-state index in [1.54, 1.807) is 20.8 Å². The summed E-state index contributed by atoms with van der Waals surface area (Å²) in [5.74, 6) is -10.5. The molecule has 0 heterocycles. The van der Waals surface area contributed by atoms with Crippen molar-refractivity contribution >= 4 is 12.2 Å². The molecule has 0 saturated heterocycles. The van der Waals surface area contributed by atoms with Gasteiger partial charge in [-0.1, -0.05) is 12.2 Å². The first-order chi connectivity index (χ1) is 11.0. The lowest BCUT2D eigenvalue weighted by molar-refractivity contribution is 0.0498. The van der Waals surface area contributed by atoms with Crippen LogP contribution in [0.1, 0.15) is 26.3 Å². The smallest absolute Gasteiger partial charge is 0.408 e. The number of nitrogens with one attached hydrogen (secondary N) is 1. The normalized spacial score (nSPS) is 13.2. The highest BCUT2D eigenvalue weighted by atomic mass is 19.2. The van der Waals surface area contributed by atoms with Crippen LogP contribution in [0.2, 0.25) is 0 Å². The van der Waals surface area contributed by atoms with Gasteiger partial charge in [-0.05, 0) is 20.8 Å². The molecule has 9 heteroatoms. The van der Waals surface area contributed by atoms with E-state index in [1.807, 2.05) is 0 Å². The van der Waals surface area contributed by atoms with E-state index in [4.69, 9.17) is 9.84 Å². The second-order valence-electron chi connectivity index (χ2n) is 5.78. The van der Waals surface area contributed by atoms with Gasteiger partial charge < -0.3 is 15.2 Å². The maximum atomic E-state index is 13.5. The minimum atomic E-state index is -2.27. The Morgan fingerprint density at radius 3 is 1.96 bits per heavy atom. The number of benzene rings is 1. The lowest BCUT2D eigenvalue weighted by atomic mass is 10.1. The van der Waals surface area contributed by atoms with Crippen LogP contribution in [-0.4, -0.2) is 29.4 Å². The van der Waals surface area contributed by atoms with Crippen molar-refractivity contribution in [3.8, 4) is 0 Å². The van der Waals surface area contributed by atoms with Gasteiger partial charge in [0.15, 0.2) is 23.3 Å². The number of hydrogen-bond acceptors (Lipinski definition) is 3. The highest BCUT2D eigenvalue weighted by Crippen LogP contribution is 2.24. The summed E-state index contributed by atoms with van der Waals surface area (Å²) < 4.78 is 71.0. The van der Waals surface area contributed by atoms with E-state index in [1.165, 1.54) is 0 Å². The number of rotatable bonds is 4. The molecule has 0 radical (unpaired) electrons. The SMILES string of the molecule is CC(C)(C)OC(=O)N[C@@H](/C=C/c1c(F)c(F)c(F)c(F)c1F)CO. The van der Waals surface area contributed by atoms with Crippen molar-refractivity contribution in [1.29, 1.82) is 0 Å². The summed E-state index contributed by atoms with van der Waals surface area (Å²) in [6.45, 7) is 4.08. The van der Waals surface area contributed by atoms with E-state index >= 15 is 0 Å².